The third-order valence-electron chi connectivity index (χ3n) is 5.02. The smallest absolute Gasteiger partial charge is 0.129 e. The number of nitrogens with one attached hydrogen (secondary N) is 1. The number of allylic oxidation sites excluding steroid dienone is 2. The first kappa shape index (κ1) is 17.0. The number of hydrogen-bond acceptors (Lipinski definition) is 4. The molecule has 0 aliphatic carbocycles. The van der Waals surface area contributed by atoms with Crippen molar-refractivity contribution >= 4 is 17.2 Å². The fraction of sp³-hybridized carbons (Fsp3) is 0.400. The van der Waals surface area contributed by atoms with Gasteiger partial charge in [0.2, 0.25) is 0 Å². The standard InChI is InChI=1S/C20H24FN5/c1-2-4-19(25-11-8-22-9-12-25)23-7-6-15-13-18-17(14-16(15)21)24-20-5-3-10-26(18)20/h2,4,7,13-14,22H,1,3,5-6,8-12H2/b19-4+,23-7-. The van der Waals surface area contributed by atoms with Gasteiger partial charge in [-0.15, -0.1) is 0 Å². The van der Waals surface area contributed by atoms with Gasteiger partial charge < -0.3 is 14.8 Å². The number of rotatable bonds is 5. The molecule has 0 bridgehead atoms. The van der Waals surface area contributed by atoms with E-state index in [1.54, 1.807) is 18.4 Å². The number of halogens is 1. The minimum Gasteiger partial charge on any atom is -0.354 e. The number of piperazine rings is 1. The Balaban J connectivity index is 1.54. The quantitative estimate of drug-likeness (QED) is 0.664. The van der Waals surface area contributed by atoms with Gasteiger partial charge in [-0.3, -0.25) is 0 Å². The van der Waals surface area contributed by atoms with Gasteiger partial charge in [0.15, 0.2) is 0 Å². The molecule has 0 amide bonds. The highest BCUT2D eigenvalue weighted by Gasteiger charge is 2.18. The largest absolute Gasteiger partial charge is 0.354 e. The van der Waals surface area contributed by atoms with Crippen LogP contribution in [-0.4, -0.2) is 46.8 Å². The molecule has 0 atom stereocenters. The minimum absolute atomic E-state index is 0.211. The number of hydrogen-bond donors (Lipinski definition) is 1. The number of aliphatic imine (C=N–C) groups is 1. The molecule has 2 aromatic rings. The molecule has 1 fully saturated rings. The zero-order valence-corrected chi connectivity index (χ0v) is 14.9. The number of aromatic nitrogens is 2. The van der Waals surface area contributed by atoms with E-state index < -0.39 is 0 Å². The number of fused-ring (bicyclic) bond motifs is 3. The summed E-state index contributed by atoms with van der Waals surface area (Å²) in [5, 5.41) is 3.33. The summed E-state index contributed by atoms with van der Waals surface area (Å²) in [6.45, 7) is 8.47. The molecule has 2 aliphatic rings. The van der Waals surface area contributed by atoms with Crippen molar-refractivity contribution in [2.24, 2.45) is 4.99 Å². The summed E-state index contributed by atoms with van der Waals surface area (Å²) in [6, 6.07) is 3.49. The highest BCUT2D eigenvalue weighted by Crippen LogP contribution is 2.25. The second-order valence-corrected chi connectivity index (χ2v) is 6.73. The predicted octanol–water partition coefficient (Wildman–Crippen LogP) is 2.67. The minimum atomic E-state index is -0.211. The Morgan fingerprint density at radius 1 is 1.31 bits per heavy atom. The average Bonchev–Trinajstić information content (AvgIpc) is 3.23. The predicted molar refractivity (Wildman–Crippen MR) is 103 cm³/mol. The van der Waals surface area contributed by atoms with E-state index >= 15 is 0 Å². The van der Waals surface area contributed by atoms with E-state index in [9.17, 15) is 4.39 Å². The normalized spacial score (nSPS) is 18.0. The third kappa shape index (κ3) is 3.29. The van der Waals surface area contributed by atoms with E-state index in [-0.39, 0.29) is 5.82 Å². The summed E-state index contributed by atoms with van der Waals surface area (Å²) in [6.07, 6.45) is 8.01. The summed E-state index contributed by atoms with van der Waals surface area (Å²) < 4.78 is 16.7. The molecular weight excluding hydrogens is 329 g/mol. The second kappa shape index (κ2) is 7.41. The van der Waals surface area contributed by atoms with Crippen molar-refractivity contribution in [3.63, 3.8) is 0 Å². The fourth-order valence-electron chi connectivity index (χ4n) is 3.70. The van der Waals surface area contributed by atoms with E-state index in [0.29, 0.717) is 12.0 Å². The van der Waals surface area contributed by atoms with Gasteiger partial charge in [-0.2, -0.15) is 0 Å². The molecular formula is C20H24FN5. The zero-order chi connectivity index (χ0) is 17.9. The maximum atomic E-state index is 14.4. The van der Waals surface area contributed by atoms with E-state index in [2.05, 4.69) is 31.3 Å². The number of aryl methyl sites for hydroxylation is 2. The van der Waals surface area contributed by atoms with Gasteiger partial charge in [-0.25, -0.2) is 14.4 Å². The molecule has 1 N–H and O–H groups in total. The molecule has 1 aromatic heterocycles. The number of nitrogens with zero attached hydrogens (tertiary/aromatic N) is 4. The maximum absolute atomic E-state index is 14.4. The summed E-state index contributed by atoms with van der Waals surface area (Å²) in [7, 11) is 0. The topological polar surface area (TPSA) is 45.5 Å². The van der Waals surface area contributed by atoms with Crippen LogP contribution in [0.5, 0.6) is 0 Å². The first-order chi connectivity index (χ1) is 12.8. The molecule has 1 saturated heterocycles. The molecule has 26 heavy (non-hydrogen) atoms. The van der Waals surface area contributed by atoms with Crippen molar-refractivity contribution in [1.29, 1.82) is 0 Å². The second-order valence-electron chi connectivity index (χ2n) is 6.73. The van der Waals surface area contributed by atoms with Crippen LogP contribution < -0.4 is 5.32 Å². The van der Waals surface area contributed by atoms with E-state index in [4.69, 9.17) is 0 Å². The number of imidazole rings is 1. The van der Waals surface area contributed by atoms with Crippen LogP contribution in [-0.2, 0) is 19.4 Å². The van der Waals surface area contributed by atoms with Gasteiger partial charge >= 0.3 is 0 Å². The van der Waals surface area contributed by atoms with Crippen LogP contribution in [0.1, 0.15) is 17.8 Å². The van der Waals surface area contributed by atoms with Crippen LogP contribution >= 0.6 is 0 Å². The Hall–Kier alpha value is -2.47. The third-order valence-corrected chi connectivity index (χ3v) is 5.02. The van der Waals surface area contributed by atoms with E-state index in [1.165, 1.54) is 0 Å². The molecule has 136 valence electrons. The highest BCUT2D eigenvalue weighted by atomic mass is 19.1. The van der Waals surface area contributed by atoms with Crippen LogP contribution in [0.3, 0.4) is 0 Å². The molecule has 5 nitrogen and oxygen atoms in total. The van der Waals surface area contributed by atoms with Crippen LogP contribution in [0.25, 0.3) is 11.0 Å². The summed E-state index contributed by atoms with van der Waals surface area (Å²) in [5.74, 6) is 1.74. The monoisotopic (exact) mass is 353 g/mol. The molecule has 2 aliphatic heterocycles. The van der Waals surface area contributed by atoms with E-state index in [0.717, 1.165) is 68.2 Å². The van der Waals surface area contributed by atoms with Crippen molar-refractivity contribution < 1.29 is 4.39 Å². The Labute approximate surface area is 152 Å². The maximum Gasteiger partial charge on any atom is 0.129 e. The molecule has 4 rings (SSSR count). The lowest BCUT2D eigenvalue weighted by Crippen LogP contribution is -2.42. The lowest BCUT2D eigenvalue weighted by atomic mass is 10.1. The van der Waals surface area contributed by atoms with Crippen LogP contribution in [0.15, 0.2) is 41.7 Å². The van der Waals surface area contributed by atoms with Crippen molar-refractivity contribution in [3.05, 3.63) is 53.9 Å². The molecule has 0 radical (unpaired) electrons. The van der Waals surface area contributed by atoms with Crippen LogP contribution in [0.4, 0.5) is 4.39 Å². The van der Waals surface area contributed by atoms with Gasteiger partial charge in [-0.1, -0.05) is 12.7 Å². The van der Waals surface area contributed by atoms with Gasteiger partial charge in [0.25, 0.3) is 0 Å². The SMILES string of the molecule is C=C/C=C(\N=C/Cc1cc2c(cc1F)nc1n2CCC1)N1CCNCC1. The van der Waals surface area contributed by atoms with Gasteiger partial charge in [0.05, 0.1) is 11.0 Å². The first-order valence-corrected chi connectivity index (χ1v) is 9.24. The van der Waals surface area contributed by atoms with E-state index in [1.807, 2.05) is 12.1 Å². The molecule has 1 aromatic carbocycles. The highest BCUT2D eigenvalue weighted by molar-refractivity contribution is 5.78. The Kier molecular flexibility index (Phi) is 4.84. The van der Waals surface area contributed by atoms with Crippen LogP contribution in [0, 0.1) is 5.82 Å². The van der Waals surface area contributed by atoms with Gasteiger partial charge in [0, 0.05) is 57.8 Å². The fourth-order valence-corrected chi connectivity index (χ4v) is 3.70. The summed E-state index contributed by atoms with van der Waals surface area (Å²) in [4.78, 5) is 11.4. The molecule has 3 heterocycles. The molecule has 0 spiro atoms. The lowest BCUT2D eigenvalue weighted by molar-refractivity contribution is 0.297. The lowest BCUT2D eigenvalue weighted by Gasteiger charge is -2.29. The van der Waals surface area contributed by atoms with Crippen molar-refractivity contribution in [1.82, 2.24) is 19.8 Å². The summed E-state index contributed by atoms with van der Waals surface area (Å²) in [5.41, 5.74) is 2.45. The number of benzene rings is 1. The van der Waals surface area contributed by atoms with Crippen molar-refractivity contribution in [2.45, 2.75) is 25.8 Å². The average molecular weight is 353 g/mol. The van der Waals surface area contributed by atoms with Gasteiger partial charge in [0.1, 0.15) is 17.5 Å². The molecule has 0 unspecified atom stereocenters. The first-order valence-electron chi connectivity index (χ1n) is 9.24. The van der Waals surface area contributed by atoms with Crippen molar-refractivity contribution in [2.75, 3.05) is 26.2 Å². The van der Waals surface area contributed by atoms with Crippen molar-refractivity contribution in [3.8, 4) is 0 Å². The summed E-state index contributed by atoms with van der Waals surface area (Å²) >= 11 is 0. The Morgan fingerprint density at radius 3 is 2.96 bits per heavy atom. The Morgan fingerprint density at radius 2 is 2.15 bits per heavy atom. The molecule has 6 heteroatoms. The van der Waals surface area contributed by atoms with Gasteiger partial charge in [-0.05, 0) is 24.1 Å². The molecule has 0 saturated carbocycles. The Bertz CT molecular complexity index is 874. The zero-order valence-electron chi connectivity index (χ0n) is 14.9. The van der Waals surface area contributed by atoms with Crippen LogP contribution in [0.2, 0.25) is 0 Å².